The summed E-state index contributed by atoms with van der Waals surface area (Å²) >= 11 is 0. The lowest BCUT2D eigenvalue weighted by molar-refractivity contribution is -0.153. The monoisotopic (exact) mass is 478 g/mol. The second-order valence-electron chi connectivity index (χ2n) is 7.58. The first-order valence-corrected chi connectivity index (χ1v) is 10.4. The van der Waals surface area contributed by atoms with Gasteiger partial charge in [0.25, 0.3) is 11.5 Å². The van der Waals surface area contributed by atoms with Crippen LogP contribution >= 0.6 is 0 Å². The summed E-state index contributed by atoms with van der Waals surface area (Å²) in [6.07, 6.45) is -3.04. The average molecular weight is 478 g/mol. The van der Waals surface area contributed by atoms with Gasteiger partial charge in [-0.05, 0) is 37.6 Å². The molecule has 0 aliphatic rings. The Hall–Kier alpha value is -3.69. The number of nitrogens with one attached hydrogen (secondary N) is 1. The summed E-state index contributed by atoms with van der Waals surface area (Å²) in [4.78, 5) is 26.0. The van der Waals surface area contributed by atoms with E-state index in [0.717, 1.165) is 0 Å². The first-order chi connectivity index (χ1) is 16.1. The molecule has 3 rings (SSSR count). The summed E-state index contributed by atoms with van der Waals surface area (Å²) in [6.45, 7) is 2.31. The second kappa shape index (κ2) is 10.1. The number of carbonyl (C=O) groups excluding carboxylic acids is 1. The van der Waals surface area contributed by atoms with E-state index in [1.54, 1.807) is 32.0 Å². The van der Waals surface area contributed by atoms with Crippen molar-refractivity contribution < 1.29 is 32.2 Å². The Labute approximate surface area is 194 Å². The standard InChI is InChI=1S/C24H25F3N2O5/c1-5-29-12-18(16-9-20(32-3)21(33-4)10-17(16)23(29)31)22(30)28-11-15-7-6-14(2)8-19(15)34-13-24(25,26)27/h6-10,12H,5,11,13H2,1-4H3,(H,28,30). The summed E-state index contributed by atoms with van der Waals surface area (Å²) in [5.41, 5.74) is 1.02. The third-order valence-corrected chi connectivity index (χ3v) is 5.23. The molecule has 10 heteroatoms. The third-order valence-electron chi connectivity index (χ3n) is 5.23. The minimum absolute atomic E-state index is 0.0346. The number of aryl methyl sites for hydroxylation is 2. The summed E-state index contributed by atoms with van der Waals surface area (Å²) in [6, 6.07) is 7.86. The summed E-state index contributed by atoms with van der Waals surface area (Å²) in [5.74, 6) is 0.215. The average Bonchev–Trinajstić information content (AvgIpc) is 2.80. The Morgan fingerprint density at radius 2 is 1.68 bits per heavy atom. The van der Waals surface area contributed by atoms with Crippen LogP contribution in [0.3, 0.4) is 0 Å². The minimum Gasteiger partial charge on any atom is -0.493 e. The highest BCUT2D eigenvalue weighted by atomic mass is 19.4. The summed E-state index contributed by atoms with van der Waals surface area (Å²) in [7, 11) is 2.88. The Kier molecular flexibility index (Phi) is 7.38. The predicted molar refractivity (Wildman–Crippen MR) is 121 cm³/mol. The second-order valence-corrected chi connectivity index (χ2v) is 7.58. The van der Waals surface area contributed by atoms with E-state index in [-0.39, 0.29) is 28.8 Å². The number of pyridine rings is 1. The largest absolute Gasteiger partial charge is 0.493 e. The number of methoxy groups -OCH3 is 2. The van der Waals surface area contributed by atoms with Gasteiger partial charge in [0.05, 0.1) is 25.2 Å². The molecule has 2 aromatic carbocycles. The highest BCUT2D eigenvalue weighted by molar-refractivity contribution is 6.07. The molecule has 0 spiro atoms. The SMILES string of the molecule is CCn1cc(C(=O)NCc2ccc(C)cc2OCC(F)(F)F)c2cc(OC)c(OC)cc2c1=O. The van der Waals surface area contributed by atoms with Crippen molar-refractivity contribution in [2.75, 3.05) is 20.8 Å². The van der Waals surface area contributed by atoms with Crippen molar-refractivity contribution in [3.63, 3.8) is 0 Å². The fourth-order valence-electron chi connectivity index (χ4n) is 3.51. The third kappa shape index (κ3) is 5.44. The van der Waals surface area contributed by atoms with Crippen LogP contribution in [0.15, 0.2) is 41.3 Å². The molecular weight excluding hydrogens is 453 g/mol. The molecule has 0 fully saturated rings. The van der Waals surface area contributed by atoms with Crippen molar-refractivity contribution in [1.29, 1.82) is 0 Å². The van der Waals surface area contributed by atoms with E-state index in [9.17, 15) is 22.8 Å². The van der Waals surface area contributed by atoms with Gasteiger partial charge in [0.1, 0.15) is 5.75 Å². The topological polar surface area (TPSA) is 78.8 Å². The number of alkyl halides is 3. The number of rotatable bonds is 8. The van der Waals surface area contributed by atoms with Crippen molar-refractivity contribution >= 4 is 16.7 Å². The van der Waals surface area contributed by atoms with Crippen LogP contribution in [0.5, 0.6) is 17.2 Å². The lowest BCUT2D eigenvalue weighted by Gasteiger charge is -2.16. The summed E-state index contributed by atoms with van der Waals surface area (Å²) < 4.78 is 54.8. The molecule has 3 aromatic rings. The molecule has 7 nitrogen and oxygen atoms in total. The van der Waals surface area contributed by atoms with Gasteiger partial charge in [-0.2, -0.15) is 13.2 Å². The van der Waals surface area contributed by atoms with E-state index in [1.807, 2.05) is 0 Å². The molecule has 0 saturated carbocycles. The van der Waals surface area contributed by atoms with Crippen LogP contribution in [0.1, 0.15) is 28.4 Å². The van der Waals surface area contributed by atoms with E-state index >= 15 is 0 Å². The lowest BCUT2D eigenvalue weighted by Crippen LogP contribution is -2.27. The number of halogens is 3. The molecule has 0 aliphatic heterocycles. The fourth-order valence-corrected chi connectivity index (χ4v) is 3.51. The van der Waals surface area contributed by atoms with Gasteiger partial charge in [-0.3, -0.25) is 9.59 Å². The minimum atomic E-state index is -4.49. The molecule has 0 unspecified atom stereocenters. The molecule has 0 saturated heterocycles. The van der Waals surface area contributed by atoms with Gasteiger partial charge in [-0.15, -0.1) is 0 Å². The van der Waals surface area contributed by atoms with Crippen molar-refractivity contribution in [3.8, 4) is 17.2 Å². The Balaban J connectivity index is 1.97. The molecule has 182 valence electrons. The van der Waals surface area contributed by atoms with Gasteiger partial charge in [0, 0.05) is 30.2 Å². The fraction of sp³-hybridized carbons (Fsp3) is 0.333. The maximum atomic E-state index is 13.1. The Morgan fingerprint density at radius 3 is 2.26 bits per heavy atom. The molecular formula is C24H25F3N2O5. The normalized spacial score (nSPS) is 11.4. The molecule has 1 heterocycles. The van der Waals surface area contributed by atoms with E-state index in [0.29, 0.717) is 34.6 Å². The number of ether oxygens (including phenoxy) is 3. The van der Waals surface area contributed by atoms with Crippen LogP contribution in [0.25, 0.3) is 10.8 Å². The number of hydrogen-bond donors (Lipinski definition) is 1. The van der Waals surface area contributed by atoms with Crippen LogP contribution < -0.4 is 25.1 Å². The highest BCUT2D eigenvalue weighted by Gasteiger charge is 2.29. The number of carbonyl (C=O) groups is 1. The van der Waals surface area contributed by atoms with Crippen LogP contribution in [0, 0.1) is 6.92 Å². The zero-order valence-electron chi connectivity index (χ0n) is 19.2. The zero-order chi connectivity index (χ0) is 25.0. The molecule has 0 bridgehead atoms. The number of fused-ring (bicyclic) bond motifs is 1. The van der Waals surface area contributed by atoms with Crippen LogP contribution in [-0.2, 0) is 13.1 Å². The Bertz CT molecular complexity index is 1270. The quantitative estimate of drug-likeness (QED) is 0.525. The van der Waals surface area contributed by atoms with Gasteiger partial charge in [0.15, 0.2) is 18.1 Å². The molecule has 0 radical (unpaired) electrons. The van der Waals surface area contributed by atoms with Gasteiger partial charge in [-0.1, -0.05) is 12.1 Å². The molecule has 1 N–H and O–H groups in total. The van der Waals surface area contributed by atoms with Crippen LogP contribution in [0.2, 0.25) is 0 Å². The maximum absolute atomic E-state index is 13.1. The summed E-state index contributed by atoms with van der Waals surface area (Å²) in [5, 5.41) is 3.35. The highest BCUT2D eigenvalue weighted by Crippen LogP contribution is 2.32. The molecule has 0 aliphatic carbocycles. The number of aromatic nitrogens is 1. The lowest BCUT2D eigenvalue weighted by atomic mass is 10.0. The number of amides is 1. The van der Waals surface area contributed by atoms with Crippen molar-refractivity contribution in [2.24, 2.45) is 0 Å². The molecule has 34 heavy (non-hydrogen) atoms. The van der Waals surface area contributed by atoms with Gasteiger partial charge >= 0.3 is 6.18 Å². The first kappa shape index (κ1) is 24.9. The zero-order valence-corrected chi connectivity index (χ0v) is 19.2. The van der Waals surface area contributed by atoms with Crippen molar-refractivity contribution in [1.82, 2.24) is 9.88 Å². The van der Waals surface area contributed by atoms with E-state index < -0.39 is 18.7 Å². The van der Waals surface area contributed by atoms with E-state index in [1.165, 1.54) is 37.1 Å². The smallest absolute Gasteiger partial charge is 0.422 e. The molecule has 0 atom stereocenters. The van der Waals surface area contributed by atoms with Crippen LogP contribution in [-0.4, -0.2) is 37.5 Å². The van der Waals surface area contributed by atoms with Gasteiger partial charge in [0.2, 0.25) is 0 Å². The van der Waals surface area contributed by atoms with Crippen molar-refractivity contribution in [3.05, 3.63) is 63.6 Å². The van der Waals surface area contributed by atoms with Gasteiger partial charge < -0.3 is 24.1 Å². The molecule has 1 amide bonds. The predicted octanol–water partition coefficient (Wildman–Crippen LogP) is 4.22. The van der Waals surface area contributed by atoms with Gasteiger partial charge in [-0.25, -0.2) is 0 Å². The Morgan fingerprint density at radius 1 is 1.03 bits per heavy atom. The number of nitrogens with zero attached hydrogens (tertiary/aromatic N) is 1. The van der Waals surface area contributed by atoms with E-state index in [2.05, 4.69) is 5.32 Å². The first-order valence-electron chi connectivity index (χ1n) is 10.4. The maximum Gasteiger partial charge on any atom is 0.422 e. The number of benzene rings is 2. The van der Waals surface area contributed by atoms with Crippen molar-refractivity contribution in [2.45, 2.75) is 33.1 Å². The van der Waals surface area contributed by atoms with Crippen LogP contribution in [0.4, 0.5) is 13.2 Å². The van der Waals surface area contributed by atoms with E-state index in [4.69, 9.17) is 14.2 Å². The number of hydrogen-bond acceptors (Lipinski definition) is 5. The molecule has 1 aromatic heterocycles.